The molecule has 0 saturated carbocycles. The maximum atomic E-state index is 13.0. The van der Waals surface area contributed by atoms with Gasteiger partial charge in [0.25, 0.3) is 0 Å². The minimum absolute atomic E-state index is 0.112. The van der Waals surface area contributed by atoms with Gasteiger partial charge in [0.2, 0.25) is 11.8 Å². The quantitative estimate of drug-likeness (QED) is 0.371. The van der Waals surface area contributed by atoms with Gasteiger partial charge >= 0.3 is 0 Å². The lowest BCUT2D eigenvalue weighted by Crippen LogP contribution is -2.24. The van der Waals surface area contributed by atoms with Crippen LogP contribution in [0.1, 0.15) is 17.0 Å². The molecule has 1 N–H and O–H groups in total. The third-order valence-corrected chi connectivity index (χ3v) is 5.71. The van der Waals surface area contributed by atoms with Gasteiger partial charge in [0.1, 0.15) is 17.4 Å². The van der Waals surface area contributed by atoms with E-state index in [0.717, 1.165) is 17.0 Å². The topological polar surface area (TPSA) is 81.9 Å². The van der Waals surface area contributed by atoms with Gasteiger partial charge < -0.3 is 14.6 Å². The summed E-state index contributed by atoms with van der Waals surface area (Å²) in [6.07, 6.45) is 1.63. The molecule has 4 aromatic rings. The number of thioether (sulfide) groups is 1. The Kier molecular flexibility index (Phi) is 7.31. The lowest BCUT2D eigenvalue weighted by Gasteiger charge is -2.09. The number of hydrogen-bond acceptors (Lipinski definition) is 6. The van der Waals surface area contributed by atoms with Crippen molar-refractivity contribution in [2.45, 2.75) is 25.2 Å². The monoisotopic (exact) mass is 463 g/mol. The molecule has 0 unspecified atom stereocenters. The molecule has 2 aromatic heterocycles. The highest BCUT2D eigenvalue weighted by Gasteiger charge is 2.12. The Morgan fingerprint density at radius 3 is 2.55 bits per heavy atom. The number of carbonyl (C=O) groups excluding carboxylic acids is 1. The molecule has 0 aliphatic rings. The first kappa shape index (κ1) is 22.5. The van der Waals surface area contributed by atoms with Crippen molar-refractivity contribution in [2.75, 3.05) is 5.75 Å². The van der Waals surface area contributed by atoms with E-state index >= 15 is 0 Å². The Labute approximate surface area is 195 Å². The Morgan fingerprint density at radius 2 is 1.82 bits per heavy atom. The SMILES string of the molecule is Cc1nnc(SCC(=O)NCc2ccc(Oc3ccc(F)cc3)nc2)n1Cc1ccccc1. The van der Waals surface area contributed by atoms with Crippen molar-refractivity contribution in [1.82, 2.24) is 25.1 Å². The van der Waals surface area contributed by atoms with Crippen molar-refractivity contribution in [1.29, 1.82) is 0 Å². The fourth-order valence-electron chi connectivity index (χ4n) is 3.00. The number of nitrogens with one attached hydrogen (secondary N) is 1. The number of halogens is 1. The molecule has 2 aromatic carbocycles. The minimum atomic E-state index is -0.328. The molecule has 0 saturated heterocycles. The van der Waals surface area contributed by atoms with E-state index in [1.54, 1.807) is 12.3 Å². The standard InChI is InChI=1S/C24H22FN5O2S/c1-17-28-29-24(30(17)15-18-5-3-2-4-6-18)33-16-22(31)26-13-19-7-12-23(27-14-19)32-21-10-8-20(25)9-11-21/h2-12,14H,13,15-16H2,1H3,(H,26,31). The van der Waals surface area contributed by atoms with Crippen LogP contribution in [0.2, 0.25) is 0 Å². The molecule has 0 fully saturated rings. The second kappa shape index (κ2) is 10.7. The van der Waals surface area contributed by atoms with Crippen molar-refractivity contribution >= 4 is 17.7 Å². The first-order valence-electron chi connectivity index (χ1n) is 10.3. The van der Waals surface area contributed by atoms with Gasteiger partial charge in [0.15, 0.2) is 5.16 Å². The van der Waals surface area contributed by atoms with Crippen molar-refractivity contribution in [3.8, 4) is 11.6 Å². The molecule has 7 nitrogen and oxygen atoms in total. The molecule has 9 heteroatoms. The summed E-state index contributed by atoms with van der Waals surface area (Å²) in [6, 6.07) is 19.3. The molecule has 0 aliphatic carbocycles. The fraction of sp³-hybridized carbons (Fsp3) is 0.167. The van der Waals surface area contributed by atoms with Crippen molar-refractivity contribution in [3.63, 3.8) is 0 Å². The number of hydrogen-bond donors (Lipinski definition) is 1. The Bertz CT molecular complexity index is 1200. The van der Waals surface area contributed by atoms with Crippen LogP contribution in [0, 0.1) is 12.7 Å². The van der Waals surface area contributed by atoms with Crippen LogP contribution >= 0.6 is 11.8 Å². The summed E-state index contributed by atoms with van der Waals surface area (Å²) in [5.41, 5.74) is 1.98. The van der Waals surface area contributed by atoms with Crippen molar-refractivity contribution in [2.24, 2.45) is 0 Å². The van der Waals surface area contributed by atoms with Crippen molar-refractivity contribution < 1.29 is 13.9 Å². The number of rotatable bonds is 9. The molecule has 1 amide bonds. The van der Waals surface area contributed by atoms with E-state index in [1.165, 1.54) is 36.0 Å². The molecule has 0 bridgehead atoms. The molecule has 2 heterocycles. The molecule has 0 spiro atoms. The number of nitrogens with zero attached hydrogens (tertiary/aromatic N) is 4. The molecule has 168 valence electrons. The van der Waals surface area contributed by atoms with Crippen LogP contribution in [0.25, 0.3) is 0 Å². The third-order valence-electron chi connectivity index (χ3n) is 4.74. The minimum Gasteiger partial charge on any atom is -0.439 e. The van der Waals surface area contributed by atoms with Crippen LogP contribution in [-0.4, -0.2) is 31.4 Å². The lowest BCUT2D eigenvalue weighted by atomic mass is 10.2. The van der Waals surface area contributed by atoms with E-state index in [0.29, 0.717) is 29.9 Å². The average molecular weight is 464 g/mol. The molecule has 0 atom stereocenters. The van der Waals surface area contributed by atoms with Gasteiger partial charge in [-0.2, -0.15) is 0 Å². The summed E-state index contributed by atoms with van der Waals surface area (Å²) >= 11 is 1.35. The predicted octanol–water partition coefficient (Wildman–Crippen LogP) is 4.37. The lowest BCUT2D eigenvalue weighted by molar-refractivity contribution is -0.118. The Balaban J connectivity index is 1.26. The van der Waals surface area contributed by atoms with Crippen LogP contribution in [-0.2, 0) is 17.9 Å². The summed E-state index contributed by atoms with van der Waals surface area (Å²) in [5.74, 6) is 1.48. The number of benzene rings is 2. The number of aryl methyl sites for hydroxylation is 1. The number of ether oxygens (including phenoxy) is 1. The van der Waals surface area contributed by atoms with Gasteiger partial charge in [-0.15, -0.1) is 10.2 Å². The molecule has 4 rings (SSSR count). The van der Waals surface area contributed by atoms with Gasteiger partial charge in [-0.05, 0) is 42.3 Å². The molecular formula is C24H22FN5O2S. The smallest absolute Gasteiger partial charge is 0.230 e. The van der Waals surface area contributed by atoms with Crippen LogP contribution in [0.3, 0.4) is 0 Å². The van der Waals surface area contributed by atoms with E-state index in [-0.39, 0.29) is 17.5 Å². The average Bonchev–Trinajstić information content (AvgIpc) is 3.18. The summed E-state index contributed by atoms with van der Waals surface area (Å²) in [6.45, 7) is 2.90. The zero-order chi connectivity index (χ0) is 23.0. The number of aromatic nitrogens is 4. The van der Waals surface area contributed by atoms with Crippen LogP contribution in [0.5, 0.6) is 11.6 Å². The van der Waals surface area contributed by atoms with E-state index in [2.05, 4.69) is 20.5 Å². The molecule has 0 radical (unpaired) electrons. The van der Waals surface area contributed by atoms with E-state index < -0.39 is 0 Å². The zero-order valence-electron chi connectivity index (χ0n) is 17.9. The molecule has 33 heavy (non-hydrogen) atoms. The second-order valence-electron chi connectivity index (χ2n) is 7.23. The highest BCUT2D eigenvalue weighted by molar-refractivity contribution is 7.99. The van der Waals surface area contributed by atoms with Gasteiger partial charge in [-0.3, -0.25) is 4.79 Å². The highest BCUT2D eigenvalue weighted by atomic mass is 32.2. The van der Waals surface area contributed by atoms with Crippen LogP contribution in [0.15, 0.2) is 78.1 Å². The zero-order valence-corrected chi connectivity index (χ0v) is 18.8. The van der Waals surface area contributed by atoms with Gasteiger partial charge in [0, 0.05) is 18.8 Å². The second-order valence-corrected chi connectivity index (χ2v) is 8.17. The summed E-state index contributed by atoms with van der Waals surface area (Å²) in [4.78, 5) is 16.6. The van der Waals surface area contributed by atoms with E-state index in [9.17, 15) is 9.18 Å². The highest BCUT2D eigenvalue weighted by Crippen LogP contribution is 2.20. The molecule has 0 aliphatic heterocycles. The maximum absolute atomic E-state index is 13.0. The largest absolute Gasteiger partial charge is 0.439 e. The van der Waals surface area contributed by atoms with E-state index in [4.69, 9.17) is 4.74 Å². The Morgan fingerprint density at radius 1 is 1.03 bits per heavy atom. The van der Waals surface area contributed by atoms with Crippen molar-refractivity contribution in [3.05, 3.63) is 95.7 Å². The Hall–Kier alpha value is -3.72. The van der Waals surface area contributed by atoms with Crippen LogP contribution in [0.4, 0.5) is 4.39 Å². The fourth-order valence-corrected chi connectivity index (χ4v) is 3.81. The van der Waals surface area contributed by atoms with Gasteiger partial charge in [-0.25, -0.2) is 9.37 Å². The normalized spacial score (nSPS) is 10.7. The first-order chi connectivity index (χ1) is 16.1. The van der Waals surface area contributed by atoms with Crippen LogP contribution < -0.4 is 10.1 Å². The summed E-state index contributed by atoms with van der Waals surface area (Å²) in [7, 11) is 0. The number of pyridine rings is 1. The maximum Gasteiger partial charge on any atom is 0.230 e. The third kappa shape index (κ3) is 6.39. The molecular weight excluding hydrogens is 441 g/mol. The first-order valence-corrected chi connectivity index (χ1v) is 11.3. The van der Waals surface area contributed by atoms with Gasteiger partial charge in [-0.1, -0.05) is 48.2 Å². The summed E-state index contributed by atoms with van der Waals surface area (Å²) < 4.78 is 20.5. The number of amides is 1. The van der Waals surface area contributed by atoms with E-state index in [1.807, 2.05) is 47.9 Å². The summed E-state index contributed by atoms with van der Waals surface area (Å²) in [5, 5.41) is 11.9. The van der Waals surface area contributed by atoms with Gasteiger partial charge in [0.05, 0.1) is 12.3 Å². The number of carbonyl (C=O) groups is 1. The predicted molar refractivity (Wildman–Crippen MR) is 124 cm³/mol.